The van der Waals surface area contributed by atoms with E-state index in [-0.39, 0.29) is 0 Å². The quantitative estimate of drug-likeness (QED) is 0.207. The van der Waals surface area contributed by atoms with Crippen molar-refractivity contribution >= 4 is 51.0 Å². The molecule has 0 saturated heterocycles. The van der Waals surface area contributed by atoms with Crippen LogP contribution in [-0.2, 0) is 4.74 Å². The van der Waals surface area contributed by atoms with Crippen LogP contribution in [0.25, 0.3) is 21.5 Å². The molecule has 0 atom stereocenters. The predicted octanol–water partition coefficient (Wildman–Crippen LogP) is 6.01. The maximum atomic E-state index is 7.67. The summed E-state index contributed by atoms with van der Waals surface area (Å²) in [5, 5.41) is 11.8. The SMILES string of the molecule is CC.CNc1ncc(-c2cc(C3CC3)c3c(N)c(SCCCOC)sc3n2)cc1C=N. The molecule has 1 fully saturated rings. The van der Waals surface area contributed by atoms with Crippen LogP contribution in [0.5, 0.6) is 0 Å². The number of hydrogen-bond donors (Lipinski definition) is 3. The summed E-state index contributed by atoms with van der Waals surface area (Å²) in [6, 6.07) is 4.14. The van der Waals surface area contributed by atoms with Gasteiger partial charge < -0.3 is 21.2 Å². The summed E-state index contributed by atoms with van der Waals surface area (Å²) in [6.45, 7) is 4.76. The van der Waals surface area contributed by atoms with E-state index in [0.717, 1.165) is 55.7 Å². The third-order valence-electron chi connectivity index (χ3n) is 5.04. The second-order valence-corrected chi connectivity index (χ2v) is 9.47. The topological polar surface area (TPSA) is 96.9 Å². The lowest BCUT2D eigenvalue weighted by atomic mass is 10.0. The van der Waals surface area contributed by atoms with Gasteiger partial charge in [-0.1, -0.05) is 13.8 Å². The van der Waals surface area contributed by atoms with E-state index in [9.17, 15) is 0 Å². The number of hydrogen-bond acceptors (Lipinski definition) is 8. The fourth-order valence-corrected chi connectivity index (χ4v) is 5.70. The van der Waals surface area contributed by atoms with Crippen LogP contribution in [0.1, 0.15) is 50.2 Å². The lowest BCUT2D eigenvalue weighted by molar-refractivity contribution is 0.200. The van der Waals surface area contributed by atoms with Crippen molar-refractivity contribution in [3.05, 3.63) is 29.5 Å². The molecule has 3 aromatic heterocycles. The van der Waals surface area contributed by atoms with Gasteiger partial charge in [-0.05, 0) is 42.9 Å². The van der Waals surface area contributed by atoms with Gasteiger partial charge in [0.25, 0.3) is 0 Å². The van der Waals surface area contributed by atoms with Crippen molar-refractivity contribution in [1.29, 1.82) is 5.41 Å². The maximum absolute atomic E-state index is 7.67. The van der Waals surface area contributed by atoms with Gasteiger partial charge >= 0.3 is 0 Å². The molecular formula is C23H31N5OS2. The number of nitrogens with zero attached hydrogens (tertiary/aromatic N) is 2. The van der Waals surface area contributed by atoms with Crippen molar-refractivity contribution < 1.29 is 4.74 Å². The highest BCUT2D eigenvalue weighted by Crippen LogP contribution is 2.49. The van der Waals surface area contributed by atoms with Crippen molar-refractivity contribution in [2.24, 2.45) is 0 Å². The standard InChI is InChI=1S/C21H25N5OS2.C2H6/c1-24-19-13(10-22)8-14(11-25-19)16-9-15(12-4-5-12)17-18(23)21(29-20(17)26-16)28-7-3-6-27-2;1-2/h8-12,22H,3-7,23H2,1-2H3,(H,24,25);1-2H3. The molecule has 3 aromatic rings. The molecule has 0 aromatic carbocycles. The molecule has 0 amide bonds. The molecule has 0 spiro atoms. The van der Waals surface area contributed by atoms with E-state index in [1.165, 1.54) is 24.6 Å². The Hall–Kier alpha value is -2.16. The molecule has 1 saturated carbocycles. The third kappa shape index (κ3) is 5.19. The Kier molecular flexibility index (Phi) is 8.28. The molecule has 0 bridgehead atoms. The molecule has 8 heteroatoms. The molecule has 0 unspecified atom stereocenters. The van der Waals surface area contributed by atoms with Gasteiger partial charge in [0.2, 0.25) is 0 Å². The number of thiophene rings is 1. The number of nitrogens with one attached hydrogen (secondary N) is 2. The Morgan fingerprint density at radius 2 is 2.13 bits per heavy atom. The monoisotopic (exact) mass is 457 g/mol. The molecule has 0 aliphatic heterocycles. The van der Waals surface area contributed by atoms with Gasteiger partial charge in [-0.25, -0.2) is 9.97 Å². The Morgan fingerprint density at radius 1 is 1.35 bits per heavy atom. The van der Waals surface area contributed by atoms with E-state index >= 15 is 0 Å². The van der Waals surface area contributed by atoms with Crippen LogP contribution in [0, 0.1) is 5.41 Å². The number of thioether (sulfide) groups is 1. The second kappa shape index (κ2) is 10.9. The highest BCUT2D eigenvalue weighted by Gasteiger charge is 2.29. The van der Waals surface area contributed by atoms with Gasteiger partial charge in [-0.15, -0.1) is 23.1 Å². The molecule has 166 valence electrons. The number of nitrogen functional groups attached to an aromatic ring is 1. The molecule has 1 aliphatic rings. The zero-order chi connectivity index (χ0) is 22.4. The zero-order valence-corrected chi connectivity index (χ0v) is 20.3. The van der Waals surface area contributed by atoms with Gasteiger partial charge in [-0.2, -0.15) is 0 Å². The molecule has 31 heavy (non-hydrogen) atoms. The van der Waals surface area contributed by atoms with Crippen molar-refractivity contribution in [2.45, 2.75) is 43.2 Å². The van der Waals surface area contributed by atoms with E-state index in [1.54, 1.807) is 30.2 Å². The first kappa shape index (κ1) is 23.5. The van der Waals surface area contributed by atoms with E-state index in [1.807, 2.05) is 33.2 Å². The summed E-state index contributed by atoms with van der Waals surface area (Å²) in [6.07, 6.45) is 6.54. The van der Waals surface area contributed by atoms with Crippen LogP contribution in [0.2, 0.25) is 0 Å². The van der Waals surface area contributed by atoms with Crippen LogP contribution >= 0.6 is 23.1 Å². The Balaban J connectivity index is 0.00000132. The van der Waals surface area contributed by atoms with Gasteiger partial charge in [-0.3, -0.25) is 0 Å². The lowest BCUT2D eigenvalue weighted by Gasteiger charge is -2.09. The number of anilines is 2. The van der Waals surface area contributed by atoms with Crippen LogP contribution in [0.3, 0.4) is 0 Å². The molecule has 3 heterocycles. The van der Waals surface area contributed by atoms with E-state index in [4.69, 9.17) is 20.9 Å². The molecule has 1 aliphatic carbocycles. The second-order valence-electron chi connectivity index (χ2n) is 7.11. The van der Waals surface area contributed by atoms with E-state index in [0.29, 0.717) is 11.7 Å². The van der Waals surface area contributed by atoms with Gasteiger partial charge in [0.15, 0.2) is 0 Å². The predicted molar refractivity (Wildman–Crippen MR) is 135 cm³/mol. The molecule has 4 N–H and O–H groups in total. The normalized spacial score (nSPS) is 13.0. The van der Waals surface area contributed by atoms with Crippen LogP contribution in [0.15, 0.2) is 22.5 Å². The van der Waals surface area contributed by atoms with Gasteiger partial charge in [0.1, 0.15) is 10.6 Å². The van der Waals surface area contributed by atoms with E-state index < -0.39 is 0 Å². The van der Waals surface area contributed by atoms with Crippen molar-refractivity contribution in [3.63, 3.8) is 0 Å². The van der Waals surface area contributed by atoms with Gasteiger partial charge in [0.05, 0.1) is 15.6 Å². The van der Waals surface area contributed by atoms with Crippen LogP contribution in [-0.4, -0.2) is 42.7 Å². The molecule has 6 nitrogen and oxygen atoms in total. The summed E-state index contributed by atoms with van der Waals surface area (Å²) < 4.78 is 6.29. The highest BCUT2D eigenvalue weighted by molar-refractivity contribution is 8.01. The minimum atomic E-state index is 0.564. The Bertz CT molecular complexity index is 1050. The fraction of sp³-hybridized carbons (Fsp3) is 0.435. The number of rotatable bonds is 9. The summed E-state index contributed by atoms with van der Waals surface area (Å²) in [5.41, 5.74) is 11.3. The molecular weight excluding hydrogens is 426 g/mol. The zero-order valence-electron chi connectivity index (χ0n) is 18.6. The summed E-state index contributed by atoms with van der Waals surface area (Å²) >= 11 is 3.47. The Labute approximate surface area is 192 Å². The van der Waals surface area contributed by atoms with Crippen molar-refractivity contribution in [1.82, 2.24) is 9.97 Å². The average molecular weight is 458 g/mol. The molecule has 0 radical (unpaired) electrons. The third-order valence-corrected chi connectivity index (χ3v) is 7.52. The van der Waals surface area contributed by atoms with Crippen LogP contribution in [0.4, 0.5) is 11.5 Å². The Morgan fingerprint density at radius 3 is 2.77 bits per heavy atom. The minimum absolute atomic E-state index is 0.564. The number of nitrogens with two attached hydrogens (primary N) is 1. The summed E-state index contributed by atoms with van der Waals surface area (Å²) in [4.78, 5) is 10.4. The van der Waals surface area contributed by atoms with Crippen LogP contribution < -0.4 is 11.1 Å². The number of methoxy groups -OCH3 is 1. The summed E-state index contributed by atoms with van der Waals surface area (Å²) in [5.74, 6) is 2.24. The first-order valence-electron chi connectivity index (χ1n) is 10.7. The lowest BCUT2D eigenvalue weighted by Crippen LogP contribution is -1.99. The first-order chi connectivity index (χ1) is 15.2. The summed E-state index contributed by atoms with van der Waals surface area (Å²) in [7, 11) is 3.54. The molecule has 4 rings (SSSR count). The minimum Gasteiger partial charge on any atom is -0.397 e. The largest absolute Gasteiger partial charge is 0.397 e. The highest BCUT2D eigenvalue weighted by atomic mass is 32.2. The average Bonchev–Trinajstić information content (AvgIpc) is 3.61. The maximum Gasteiger partial charge on any atom is 0.134 e. The number of pyridine rings is 2. The fourth-order valence-electron chi connectivity index (χ4n) is 3.41. The smallest absolute Gasteiger partial charge is 0.134 e. The number of aromatic nitrogens is 2. The number of ether oxygens (including phenoxy) is 1. The first-order valence-corrected chi connectivity index (χ1v) is 12.5. The van der Waals surface area contributed by atoms with Gasteiger partial charge in [0, 0.05) is 55.4 Å². The number of fused-ring (bicyclic) bond motifs is 1. The van der Waals surface area contributed by atoms with Crippen molar-refractivity contribution in [2.75, 3.05) is 37.6 Å². The van der Waals surface area contributed by atoms with E-state index in [2.05, 4.69) is 16.4 Å². The van der Waals surface area contributed by atoms with Crippen molar-refractivity contribution in [3.8, 4) is 11.3 Å².